The molecule has 5 heteroatoms. The van der Waals surface area contributed by atoms with Gasteiger partial charge in [-0.15, -0.1) is 0 Å². The fourth-order valence-corrected chi connectivity index (χ4v) is 2.44. The monoisotopic (exact) mass is 299 g/mol. The van der Waals surface area contributed by atoms with Crippen LogP contribution in [0.4, 0.5) is 0 Å². The van der Waals surface area contributed by atoms with E-state index in [1.807, 2.05) is 31.2 Å². The second-order valence-electron chi connectivity index (χ2n) is 5.09. The minimum atomic E-state index is -0.454. The summed E-state index contributed by atoms with van der Waals surface area (Å²) in [5.41, 5.74) is 1.16. The number of hydrogen-bond acceptors (Lipinski definition) is 4. The molecule has 1 aliphatic heterocycles. The van der Waals surface area contributed by atoms with E-state index in [0.717, 1.165) is 23.6 Å². The maximum Gasteiger partial charge on any atom is 0.166 e. The van der Waals surface area contributed by atoms with Crippen LogP contribution in [0.3, 0.4) is 0 Å². The molecule has 20 heavy (non-hydrogen) atoms. The average Bonchev–Trinajstić information content (AvgIpc) is 2.86. The van der Waals surface area contributed by atoms with Crippen LogP contribution in [0.15, 0.2) is 24.3 Å². The molecule has 0 aliphatic carbocycles. The zero-order valence-electron chi connectivity index (χ0n) is 12.0. The Bertz CT molecular complexity index is 404. The van der Waals surface area contributed by atoms with Crippen molar-refractivity contribution in [1.82, 2.24) is 5.32 Å². The molecule has 0 unspecified atom stereocenters. The van der Waals surface area contributed by atoms with Crippen LogP contribution >= 0.6 is 11.6 Å². The van der Waals surface area contributed by atoms with Crippen molar-refractivity contribution in [1.29, 1.82) is 0 Å². The molecule has 0 aromatic heterocycles. The number of halogens is 1. The highest BCUT2D eigenvalue weighted by atomic mass is 35.5. The molecule has 1 aliphatic rings. The van der Waals surface area contributed by atoms with Gasteiger partial charge in [-0.2, -0.15) is 0 Å². The average molecular weight is 300 g/mol. The predicted octanol–water partition coefficient (Wildman–Crippen LogP) is 2.77. The zero-order valence-corrected chi connectivity index (χ0v) is 12.8. The second kappa shape index (κ2) is 7.38. The lowest BCUT2D eigenvalue weighted by Crippen LogP contribution is -2.33. The molecule has 0 amide bonds. The van der Waals surface area contributed by atoms with Gasteiger partial charge in [-0.1, -0.05) is 23.7 Å². The predicted molar refractivity (Wildman–Crippen MR) is 79.0 cm³/mol. The highest BCUT2D eigenvalue weighted by Gasteiger charge is 2.30. The lowest BCUT2D eigenvalue weighted by molar-refractivity contribution is -0.146. The largest absolute Gasteiger partial charge is 0.383 e. The maximum absolute atomic E-state index is 5.92. The molecule has 1 aromatic carbocycles. The first kappa shape index (κ1) is 15.7. The molecule has 0 radical (unpaired) electrons. The highest BCUT2D eigenvalue weighted by molar-refractivity contribution is 6.30. The molecule has 1 saturated heterocycles. The lowest BCUT2D eigenvalue weighted by atomic mass is 10.1. The van der Waals surface area contributed by atoms with Gasteiger partial charge in [0.1, 0.15) is 0 Å². The number of ether oxygens (including phenoxy) is 3. The van der Waals surface area contributed by atoms with E-state index in [0.29, 0.717) is 19.8 Å². The molecule has 2 rings (SSSR count). The molecule has 1 atom stereocenters. The highest BCUT2D eigenvalue weighted by Crippen LogP contribution is 2.23. The van der Waals surface area contributed by atoms with Crippen molar-refractivity contribution in [2.24, 2.45) is 0 Å². The van der Waals surface area contributed by atoms with Crippen molar-refractivity contribution in [3.05, 3.63) is 34.9 Å². The van der Waals surface area contributed by atoms with E-state index in [1.165, 1.54) is 0 Å². The van der Waals surface area contributed by atoms with Gasteiger partial charge in [-0.3, -0.25) is 0 Å². The van der Waals surface area contributed by atoms with Crippen molar-refractivity contribution < 1.29 is 14.2 Å². The summed E-state index contributed by atoms with van der Waals surface area (Å²) in [5, 5.41) is 4.22. The van der Waals surface area contributed by atoms with Crippen molar-refractivity contribution >= 4 is 11.6 Å². The summed E-state index contributed by atoms with van der Waals surface area (Å²) in [5.74, 6) is -0.454. The fourth-order valence-electron chi connectivity index (χ4n) is 2.31. The Hall–Kier alpha value is -0.650. The molecule has 0 bridgehead atoms. The Kier molecular flexibility index (Phi) is 5.81. The molecule has 0 spiro atoms. The Morgan fingerprint density at radius 1 is 1.30 bits per heavy atom. The molecule has 112 valence electrons. The number of methoxy groups -OCH3 is 1. The van der Waals surface area contributed by atoms with E-state index in [1.54, 1.807) is 7.11 Å². The zero-order chi connectivity index (χ0) is 14.4. The van der Waals surface area contributed by atoms with E-state index in [2.05, 4.69) is 5.32 Å². The summed E-state index contributed by atoms with van der Waals surface area (Å²) in [6.07, 6.45) is 0.806. The van der Waals surface area contributed by atoms with Gasteiger partial charge in [0.05, 0.1) is 25.9 Å². The van der Waals surface area contributed by atoms with Gasteiger partial charge in [-0.25, -0.2) is 0 Å². The third kappa shape index (κ3) is 4.43. The SMILES string of the molecule is COC[C@H](NCCC1(C)OCCO1)c1ccc(Cl)cc1. The first-order chi connectivity index (χ1) is 9.63. The van der Waals surface area contributed by atoms with E-state index in [4.69, 9.17) is 25.8 Å². The van der Waals surface area contributed by atoms with Crippen molar-refractivity contribution in [2.45, 2.75) is 25.2 Å². The number of hydrogen-bond donors (Lipinski definition) is 1. The minimum Gasteiger partial charge on any atom is -0.383 e. The lowest BCUT2D eigenvalue weighted by Gasteiger charge is -2.24. The van der Waals surface area contributed by atoms with Crippen LogP contribution < -0.4 is 5.32 Å². The Balaban J connectivity index is 1.87. The van der Waals surface area contributed by atoms with Crippen LogP contribution in [-0.4, -0.2) is 39.3 Å². The molecule has 4 nitrogen and oxygen atoms in total. The third-order valence-electron chi connectivity index (χ3n) is 3.47. The summed E-state index contributed by atoms with van der Waals surface area (Å²) in [7, 11) is 1.70. The first-order valence-electron chi connectivity index (χ1n) is 6.89. The number of benzene rings is 1. The van der Waals surface area contributed by atoms with Gasteiger partial charge in [0.15, 0.2) is 5.79 Å². The van der Waals surface area contributed by atoms with Crippen LogP contribution in [0.1, 0.15) is 24.9 Å². The standard InChI is InChI=1S/C15H22ClNO3/c1-15(19-9-10-20-15)7-8-17-14(11-18-2)12-3-5-13(16)6-4-12/h3-6,14,17H,7-11H2,1-2H3/t14-/m0/s1. The quantitative estimate of drug-likeness (QED) is 0.840. The molecule has 1 aromatic rings. The van der Waals surface area contributed by atoms with Crippen molar-refractivity contribution in [2.75, 3.05) is 33.5 Å². The Morgan fingerprint density at radius 2 is 1.95 bits per heavy atom. The van der Waals surface area contributed by atoms with Crippen LogP contribution in [0.25, 0.3) is 0 Å². The Labute approximate surface area is 125 Å². The summed E-state index contributed by atoms with van der Waals surface area (Å²) in [6.45, 7) is 4.74. The first-order valence-corrected chi connectivity index (χ1v) is 7.26. The maximum atomic E-state index is 5.92. The number of nitrogens with one attached hydrogen (secondary N) is 1. The minimum absolute atomic E-state index is 0.141. The molecule has 1 N–H and O–H groups in total. The second-order valence-corrected chi connectivity index (χ2v) is 5.53. The molecular weight excluding hydrogens is 278 g/mol. The molecular formula is C15H22ClNO3. The van der Waals surface area contributed by atoms with Crippen LogP contribution in [-0.2, 0) is 14.2 Å². The van der Waals surface area contributed by atoms with E-state index >= 15 is 0 Å². The molecule has 0 saturated carbocycles. The third-order valence-corrected chi connectivity index (χ3v) is 3.73. The van der Waals surface area contributed by atoms with Gasteiger partial charge < -0.3 is 19.5 Å². The normalized spacial score (nSPS) is 19.1. The van der Waals surface area contributed by atoms with Crippen LogP contribution in [0.5, 0.6) is 0 Å². The van der Waals surface area contributed by atoms with Gasteiger partial charge >= 0.3 is 0 Å². The summed E-state index contributed by atoms with van der Waals surface area (Å²) in [6, 6.07) is 7.96. The van der Waals surface area contributed by atoms with Gasteiger partial charge in [0, 0.05) is 25.1 Å². The summed E-state index contributed by atoms with van der Waals surface area (Å²) in [4.78, 5) is 0. The molecule has 1 fully saturated rings. The van der Waals surface area contributed by atoms with E-state index in [-0.39, 0.29) is 6.04 Å². The Morgan fingerprint density at radius 3 is 2.55 bits per heavy atom. The fraction of sp³-hybridized carbons (Fsp3) is 0.600. The van der Waals surface area contributed by atoms with Crippen molar-refractivity contribution in [3.63, 3.8) is 0 Å². The number of rotatable bonds is 7. The van der Waals surface area contributed by atoms with E-state index < -0.39 is 5.79 Å². The van der Waals surface area contributed by atoms with Gasteiger partial charge in [-0.05, 0) is 24.6 Å². The van der Waals surface area contributed by atoms with Gasteiger partial charge in [0.25, 0.3) is 0 Å². The summed E-state index contributed by atoms with van der Waals surface area (Å²) >= 11 is 5.92. The molecule has 1 heterocycles. The van der Waals surface area contributed by atoms with Crippen LogP contribution in [0, 0.1) is 0 Å². The van der Waals surface area contributed by atoms with Crippen molar-refractivity contribution in [3.8, 4) is 0 Å². The van der Waals surface area contributed by atoms with E-state index in [9.17, 15) is 0 Å². The van der Waals surface area contributed by atoms with Crippen LogP contribution in [0.2, 0.25) is 5.02 Å². The van der Waals surface area contributed by atoms with Gasteiger partial charge in [0.2, 0.25) is 0 Å². The summed E-state index contributed by atoms with van der Waals surface area (Å²) < 4.78 is 16.5. The smallest absolute Gasteiger partial charge is 0.166 e. The topological polar surface area (TPSA) is 39.7 Å².